The molecule has 2 heterocycles. The van der Waals surface area contributed by atoms with Gasteiger partial charge in [0.25, 0.3) is 0 Å². The molecule has 1 aliphatic rings. The van der Waals surface area contributed by atoms with E-state index in [0.29, 0.717) is 18.9 Å². The second-order valence-corrected chi connectivity index (χ2v) is 5.48. The summed E-state index contributed by atoms with van der Waals surface area (Å²) >= 11 is 1.71. The maximum atomic E-state index is 11.6. The molecule has 0 saturated carbocycles. The molecule has 0 bridgehead atoms. The third kappa shape index (κ3) is 4.48. The molecule has 17 heavy (non-hydrogen) atoms. The summed E-state index contributed by atoms with van der Waals surface area (Å²) in [6.07, 6.45) is 3.63. The summed E-state index contributed by atoms with van der Waals surface area (Å²) in [5.74, 6) is 0.485. The molecule has 0 unspecified atom stereocenters. The number of ether oxygens (including phenoxy) is 1. The predicted molar refractivity (Wildman–Crippen MR) is 69.2 cm³/mol. The second kappa shape index (κ2) is 6.77. The van der Waals surface area contributed by atoms with Gasteiger partial charge in [-0.3, -0.25) is 4.79 Å². The summed E-state index contributed by atoms with van der Waals surface area (Å²) in [6.45, 7) is 2.59. The highest BCUT2D eigenvalue weighted by Gasteiger charge is 2.17. The number of piperidine rings is 1. The van der Waals surface area contributed by atoms with E-state index in [9.17, 15) is 4.79 Å². The van der Waals surface area contributed by atoms with Crippen molar-refractivity contribution in [2.45, 2.75) is 25.7 Å². The van der Waals surface area contributed by atoms with Crippen LogP contribution in [0.5, 0.6) is 0 Å². The normalized spacial score (nSPS) is 16.9. The molecule has 0 atom stereocenters. The van der Waals surface area contributed by atoms with E-state index in [4.69, 9.17) is 4.74 Å². The minimum atomic E-state index is -0.0338. The zero-order chi connectivity index (χ0) is 11.9. The fourth-order valence-electron chi connectivity index (χ4n) is 2.10. The quantitative estimate of drug-likeness (QED) is 0.818. The van der Waals surface area contributed by atoms with Crippen molar-refractivity contribution >= 4 is 17.3 Å². The Balaban J connectivity index is 1.60. The van der Waals surface area contributed by atoms with Gasteiger partial charge >= 0.3 is 5.97 Å². The second-order valence-electron chi connectivity index (χ2n) is 4.45. The van der Waals surface area contributed by atoms with Crippen molar-refractivity contribution in [3.05, 3.63) is 22.4 Å². The number of thiophene rings is 1. The van der Waals surface area contributed by atoms with E-state index in [2.05, 4.69) is 11.4 Å². The summed E-state index contributed by atoms with van der Waals surface area (Å²) in [5.41, 5.74) is 0. The Labute approximate surface area is 106 Å². The Bertz CT molecular complexity index is 331. The van der Waals surface area contributed by atoms with Crippen LogP contribution in [0.25, 0.3) is 0 Å². The Hall–Kier alpha value is -0.870. The van der Waals surface area contributed by atoms with Gasteiger partial charge in [-0.25, -0.2) is 0 Å². The van der Waals surface area contributed by atoms with Crippen molar-refractivity contribution in [2.75, 3.05) is 19.7 Å². The molecule has 0 spiro atoms. The number of rotatable bonds is 5. The highest BCUT2D eigenvalue weighted by atomic mass is 32.1. The minimum Gasteiger partial charge on any atom is -0.465 e. The van der Waals surface area contributed by atoms with Crippen LogP contribution < -0.4 is 5.32 Å². The maximum Gasteiger partial charge on any atom is 0.306 e. The van der Waals surface area contributed by atoms with Crippen molar-refractivity contribution in [3.8, 4) is 0 Å². The molecule has 1 fully saturated rings. The number of hydrogen-bond donors (Lipinski definition) is 1. The summed E-state index contributed by atoms with van der Waals surface area (Å²) in [7, 11) is 0. The number of carbonyl (C=O) groups excluding carboxylic acids is 1. The maximum absolute atomic E-state index is 11.6. The lowest BCUT2D eigenvalue weighted by atomic mass is 9.95. The minimum absolute atomic E-state index is 0.0338. The molecule has 0 radical (unpaired) electrons. The summed E-state index contributed by atoms with van der Waals surface area (Å²) < 4.78 is 5.27. The fourth-order valence-corrected chi connectivity index (χ4v) is 2.79. The molecule has 94 valence electrons. The van der Waals surface area contributed by atoms with Gasteiger partial charge in [-0.15, -0.1) is 11.3 Å². The smallest absolute Gasteiger partial charge is 0.306 e. The Morgan fingerprint density at radius 1 is 1.47 bits per heavy atom. The van der Waals surface area contributed by atoms with E-state index < -0.39 is 0 Å². The first kappa shape index (κ1) is 12.6. The zero-order valence-electron chi connectivity index (χ0n) is 9.98. The molecule has 1 aliphatic heterocycles. The molecule has 4 heteroatoms. The third-order valence-corrected chi connectivity index (χ3v) is 4.04. The number of carbonyl (C=O) groups is 1. The molecule has 2 rings (SSSR count). The molecule has 3 nitrogen and oxygen atoms in total. The lowest BCUT2D eigenvalue weighted by Crippen LogP contribution is -2.29. The van der Waals surface area contributed by atoms with Crippen LogP contribution in [0.3, 0.4) is 0 Å². The standard InChI is InChI=1S/C13H19NO2S/c15-13(10-11-3-6-14-7-4-11)16-8-5-12-2-1-9-17-12/h1-2,9,11,14H,3-8,10H2. The number of esters is 1. The lowest BCUT2D eigenvalue weighted by Gasteiger charge is -2.21. The van der Waals surface area contributed by atoms with E-state index in [1.54, 1.807) is 11.3 Å². The van der Waals surface area contributed by atoms with Gasteiger partial charge in [0.05, 0.1) is 6.61 Å². The number of hydrogen-bond acceptors (Lipinski definition) is 4. The average molecular weight is 253 g/mol. The van der Waals surface area contributed by atoms with Crippen LogP contribution in [0.4, 0.5) is 0 Å². The van der Waals surface area contributed by atoms with Crippen LogP contribution >= 0.6 is 11.3 Å². The Morgan fingerprint density at radius 3 is 3.00 bits per heavy atom. The van der Waals surface area contributed by atoms with E-state index in [1.165, 1.54) is 4.88 Å². The molecule has 1 N–H and O–H groups in total. The van der Waals surface area contributed by atoms with Gasteiger partial charge < -0.3 is 10.1 Å². The van der Waals surface area contributed by atoms with Gasteiger partial charge in [0, 0.05) is 17.7 Å². The monoisotopic (exact) mass is 253 g/mol. The van der Waals surface area contributed by atoms with Gasteiger partial charge in [-0.05, 0) is 43.3 Å². The Kier molecular flexibility index (Phi) is 5.01. The van der Waals surface area contributed by atoms with Gasteiger partial charge in [0.1, 0.15) is 0 Å². The molecule has 1 aromatic rings. The highest BCUT2D eigenvalue weighted by molar-refractivity contribution is 7.09. The summed E-state index contributed by atoms with van der Waals surface area (Å²) in [5, 5.41) is 5.35. The first-order valence-corrected chi connectivity index (χ1v) is 7.11. The zero-order valence-corrected chi connectivity index (χ0v) is 10.8. The van der Waals surface area contributed by atoms with Gasteiger partial charge in [0.15, 0.2) is 0 Å². The van der Waals surface area contributed by atoms with Crippen LogP contribution in [0.15, 0.2) is 17.5 Å². The Morgan fingerprint density at radius 2 is 2.29 bits per heavy atom. The lowest BCUT2D eigenvalue weighted by molar-refractivity contribution is -0.144. The van der Waals surface area contributed by atoms with Crippen molar-refractivity contribution in [3.63, 3.8) is 0 Å². The van der Waals surface area contributed by atoms with E-state index in [1.807, 2.05) is 11.4 Å². The van der Waals surface area contributed by atoms with Crippen LogP contribution in [0.2, 0.25) is 0 Å². The predicted octanol–water partition coefficient (Wildman–Crippen LogP) is 2.22. The average Bonchev–Trinajstić information content (AvgIpc) is 2.83. The van der Waals surface area contributed by atoms with Crippen molar-refractivity contribution < 1.29 is 9.53 Å². The molecule has 0 aliphatic carbocycles. The first-order chi connectivity index (χ1) is 8.34. The summed E-state index contributed by atoms with van der Waals surface area (Å²) in [6, 6.07) is 4.10. The van der Waals surface area contributed by atoms with Gasteiger partial charge in [-0.1, -0.05) is 6.07 Å². The topological polar surface area (TPSA) is 38.3 Å². The summed E-state index contributed by atoms with van der Waals surface area (Å²) in [4.78, 5) is 12.9. The van der Waals surface area contributed by atoms with Gasteiger partial charge in [0.2, 0.25) is 0 Å². The third-order valence-electron chi connectivity index (χ3n) is 3.11. The van der Waals surface area contributed by atoms with E-state index >= 15 is 0 Å². The van der Waals surface area contributed by atoms with Crippen molar-refractivity contribution in [2.24, 2.45) is 5.92 Å². The van der Waals surface area contributed by atoms with Crippen LogP contribution in [0, 0.1) is 5.92 Å². The molecule has 1 saturated heterocycles. The van der Waals surface area contributed by atoms with Crippen molar-refractivity contribution in [1.82, 2.24) is 5.32 Å². The largest absolute Gasteiger partial charge is 0.465 e. The van der Waals surface area contributed by atoms with Gasteiger partial charge in [-0.2, -0.15) is 0 Å². The van der Waals surface area contributed by atoms with E-state index in [-0.39, 0.29) is 5.97 Å². The number of nitrogens with one attached hydrogen (secondary N) is 1. The molecular formula is C13H19NO2S. The SMILES string of the molecule is O=C(CC1CCNCC1)OCCc1cccs1. The molecule has 1 aromatic heterocycles. The van der Waals surface area contributed by atoms with E-state index in [0.717, 1.165) is 32.4 Å². The fraction of sp³-hybridized carbons (Fsp3) is 0.615. The van der Waals surface area contributed by atoms with Crippen LogP contribution in [-0.4, -0.2) is 25.7 Å². The first-order valence-electron chi connectivity index (χ1n) is 6.23. The highest BCUT2D eigenvalue weighted by Crippen LogP contribution is 2.16. The molecule has 0 aromatic carbocycles. The molecular weight excluding hydrogens is 234 g/mol. The van der Waals surface area contributed by atoms with Crippen molar-refractivity contribution in [1.29, 1.82) is 0 Å². The molecule has 0 amide bonds. The van der Waals surface area contributed by atoms with Crippen LogP contribution in [0.1, 0.15) is 24.1 Å². The van der Waals surface area contributed by atoms with Crippen LogP contribution in [-0.2, 0) is 16.0 Å².